The minimum atomic E-state index is -5.02. The number of carboxylic acid groups (broad SMARTS) is 2. The summed E-state index contributed by atoms with van der Waals surface area (Å²) in [7, 11) is -5.02. The van der Waals surface area contributed by atoms with Crippen LogP contribution in [0.3, 0.4) is 0 Å². The quantitative estimate of drug-likeness (QED) is 0.631. The van der Waals surface area contributed by atoms with Crippen molar-refractivity contribution in [2.45, 2.75) is 56.6 Å². The summed E-state index contributed by atoms with van der Waals surface area (Å²) in [6.07, 6.45) is 4.97. The molecule has 2 fully saturated rings. The maximum atomic E-state index is 12.1. The predicted octanol–water partition coefficient (Wildman–Crippen LogP) is 1.78. The van der Waals surface area contributed by atoms with Crippen LogP contribution in [-0.4, -0.2) is 40.4 Å². The van der Waals surface area contributed by atoms with Crippen molar-refractivity contribution < 1.29 is 32.8 Å². The smallest absolute Gasteiger partial charge is 0.325 e. The molecule has 1 unspecified atom stereocenters. The van der Waals surface area contributed by atoms with Crippen molar-refractivity contribution in [3.05, 3.63) is 0 Å². The molecule has 7 nitrogen and oxygen atoms in total. The van der Waals surface area contributed by atoms with Crippen LogP contribution in [0.5, 0.6) is 0 Å². The van der Waals surface area contributed by atoms with E-state index in [1.807, 2.05) is 0 Å². The molecule has 0 aromatic carbocycles. The number of rotatable bonds is 6. The highest BCUT2D eigenvalue weighted by Gasteiger charge is 2.64. The van der Waals surface area contributed by atoms with Crippen LogP contribution >= 0.6 is 0 Å². The molecular weight excluding hydrogens is 312 g/mol. The zero-order valence-corrected chi connectivity index (χ0v) is 13.1. The Hall–Kier alpha value is -1.15. The first kappa shape index (κ1) is 17.2. The van der Waals surface area contributed by atoms with E-state index >= 15 is 0 Å². The van der Waals surface area contributed by atoms with Gasteiger partial charge in [0.15, 0.2) is 5.25 Å². The van der Waals surface area contributed by atoms with E-state index in [1.54, 1.807) is 0 Å². The molecule has 0 amide bonds. The summed E-state index contributed by atoms with van der Waals surface area (Å²) in [5.41, 5.74) is -1.94. The Morgan fingerprint density at radius 2 is 1.27 bits per heavy atom. The molecule has 22 heavy (non-hydrogen) atoms. The molecule has 2 rings (SSSR count). The van der Waals surface area contributed by atoms with Crippen molar-refractivity contribution in [1.82, 2.24) is 0 Å². The largest absolute Gasteiger partial charge is 0.481 e. The van der Waals surface area contributed by atoms with Crippen molar-refractivity contribution in [2.75, 3.05) is 0 Å². The molecule has 1 atom stereocenters. The molecule has 0 aliphatic heterocycles. The molecule has 3 N–H and O–H groups in total. The van der Waals surface area contributed by atoms with Gasteiger partial charge < -0.3 is 10.2 Å². The molecule has 2 saturated carbocycles. The summed E-state index contributed by atoms with van der Waals surface area (Å²) in [5, 5.41) is 17.0. The normalized spacial score (nSPS) is 22.8. The van der Waals surface area contributed by atoms with Gasteiger partial charge in [-0.1, -0.05) is 25.7 Å². The fourth-order valence-corrected chi connectivity index (χ4v) is 5.84. The van der Waals surface area contributed by atoms with Gasteiger partial charge in [0.25, 0.3) is 10.1 Å². The van der Waals surface area contributed by atoms with Crippen LogP contribution in [0.4, 0.5) is 0 Å². The molecule has 8 heteroatoms. The highest BCUT2D eigenvalue weighted by molar-refractivity contribution is 7.87. The van der Waals surface area contributed by atoms with Gasteiger partial charge in [0, 0.05) is 0 Å². The average Bonchev–Trinajstić information content (AvgIpc) is 3.06. The van der Waals surface area contributed by atoms with Crippen LogP contribution in [0.25, 0.3) is 0 Å². The third-order valence-corrected chi connectivity index (χ3v) is 6.58. The number of hydrogen-bond donors (Lipinski definition) is 3. The molecule has 0 spiro atoms. The number of hydrogen-bond acceptors (Lipinski definition) is 4. The van der Waals surface area contributed by atoms with Crippen molar-refractivity contribution in [3.63, 3.8) is 0 Å². The Morgan fingerprint density at radius 3 is 1.50 bits per heavy atom. The maximum Gasteiger partial charge on any atom is 0.325 e. The zero-order chi connectivity index (χ0) is 16.5. The second kappa shape index (κ2) is 6.16. The fraction of sp³-hybridized carbons (Fsp3) is 0.857. The van der Waals surface area contributed by atoms with E-state index < -0.39 is 44.6 Å². The zero-order valence-electron chi connectivity index (χ0n) is 12.3. The third-order valence-electron chi connectivity index (χ3n) is 5.39. The summed E-state index contributed by atoms with van der Waals surface area (Å²) in [6.45, 7) is 0. The van der Waals surface area contributed by atoms with Crippen molar-refractivity contribution in [1.29, 1.82) is 0 Å². The SMILES string of the molecule is O=C(O)C(C(C(=O)O)(C1CCCC1)C1CCCC1)S(=O)(=O)O. The first-order chi connectivity index (χ1) is 10.2. The van der Waals surface area contributed by atoms with E-state index in [0.717, 1.165) is 25.7 Å². The Kier molecular flexibility index (Phi) is 4.81. The predicted molar refractivity (Wildman–Crippen MR) is 77.0 cm³/mol. The van der Waals surface area contributed by atoms with Crippen LogP contribution in [0.2, 0.25) is 0 Å². The second-order valence-electron chi connectivity index (χ2n) is 6.43. The van der Waals surface area contributed by atoms with Gasteiger partial charge in [-0.05, 0) is 37.5 Å². The van der Waals surface area contributed by atoms with Crippen molar-refractivity contribution >= 4 is 22.1 Å². The minimum absolute atomic E-state index is 0.488. The highest BCUT2D eigenvalue weighted by atomic mass is 32.2. The van der Waals surface area contributed by atoms with E-state index in [0.29, 0.717) is 25.7 Å². The Morgan fingerprint density at radius 1 is 0.909 bits per heavy atom. The Bertz CT molecular complexity index is 526. The monoisotopic (exact) mass is 334 g/mol. The number of carbonyl (C=O) groups is 2. The highest BCUT2D eigenvalue weighted by Crippen LogP contribution is 2.54. The topological polar surface area (TPSA) is 129 Å². The number of aliphatic carboxylic acids is 2. The van der Waals surface area contributed by atoms with Crippen LogP contribution in [-0.2, 0) is 19.7 Å². The van der Waals surface area contributed by atoms with Gasteiger partial charge in [0.2, 0.25) is 0 Å². The lowest BCUT2D eigenvalue weighted by Gasteiger charge is -2.42. The van der Waals surface area contributed by atoms with Crippen molar-refractivity contribution in [2.24, 2.45) is 17.3 Å². The summed E-state index contributed by atoms with van der Waals surface area (Å²) < 4.78 is 33.0. The molecule has 0 radical (unpaired) electrons. The number of carboxylic acids is 2. The Balaban J connectivity index is 2.64. The summed E-state index contributed by atoms with van der Waals surface area (Å²) >= 11 is 0. The van der Waals surface area contributed by atoms with Crippen LogP contribution in [0, 0.1) is 17.3 Å². The van der Waals surface area contributed by atoms with E-state index in [2.05, 4.69) is 0 Å². The van der Waals surface area contributed by atoms with Gasteiger partial charge in [-0.15, -0.1) is 0 Å². The molecule has 0 aromatic rings. The lowest BCUT2D eigenvalue weighted by Crippen LogP contribution is -2.58. The van der Waals surface area contributed by atoms with Crippen molar-refractivity contribution in [3.8, 4) is 0 Å². The molecule has 0 aromatic heterocycles. The van der Waals surface area contributed by atoms with E-state index in [4.69, 9.17) is 0 Å². The van der Waals surface area contributed by atoms with Gasteiger partial charge in [-0.2, -0.15) is 8.42 Å². The summed E-state index contributed by atoms with van der Waals surface area (Å²) in [5.74, 6) is -4.24. The van der Waals surface area contributed by atoms with E-state index in [-0.39, 0.29) is 0 Å². The second-order valence-corrected chi connectivity index (χ2v) is 7.94. The Labute approximate surface area is 129 Å². The minimum Gasteiger partial charge on any atom is -0.481 e. The molecule has 0 heterocycles. The van der Waals surface area contributed by atoms with Gasteiger partial charge in [0.05, 0.1) is 0 Å². The van der Waals surface area contributed by atoms with Crippen LogP contribution in [0.1, 0.15) is 51.4 Å². The van der Waals surface area contributed by atoms with Crippen LogP contribution in [0.15, 0.2) is 0 Å². The molecule has 0 saturated heterocycles. The summed E-state index contributed by atoms with van der Waals surface area (Å²) in [4.78, 5) is 23.8. The fourth-order valence-electron chi connectivity index (χ4n) is 4.61. The molecule has 2 aliphatic carbocycles. The molecule has 0 bridgehead atoms. The lowest BCUT2D eigenvalue weighted by atomic mass is 9.62. The standard InChI is InChI=1S/C14H22O7S/c15-12(16)11(22(19,20)21)14(13(17)18,9-5-1-2-6-9)10-7-3-4-8-10/h9-11H,1-8H2,(H,15,16)(H,17,18)(H,19,20,21). The third kappa shape index (κ3) is 2.74. The van der Waals surface area contributed by atoms with E-state index in [1.165, 1.54) is 0 Å². The lowest BCUT2D eigenvalue weighted by molar-refractivity contribution is -0.164. The molecule has 126 valence electrons. The molecular formula is C14H22O7S. The average molecular weight is 334 g/mol. The van der Waals surface area contributed by atoms with Gasteiger partial charge in [-0.3, -0.25) is 14.1 Å². The molecule has 2 aliphatic rings. The van der Waals surface area contributed by atoms with Crippen LogP contribution < -0.4 is 0 Å². The van der Waals surface area contributed by atoms with Gasteiger partial charge >= 0.3 is 11.9 Å². The van der Waals surface area contributed by atoms with Gasteiger partial charge in [0.1, 0.15) is 5.41 Å². The first-order valence-electron chi connectivity index (χ1n) is 7.64. The first-order valence-corrected chi connectivity index (χ1v) is 9.15. The van der Waals surface area contributed by atoms with Gasteiger partial charge in [-0.25, -0.2) is 0 Å². The summed E-state index contributed by atoms with van der Waals surface area (Å²) in [6, 6.07) is 0. The maximum absolute atomic E-state index is 12.1. The van der Waals surface area contributed by atoms with E-state index in [9.17, 15) is 32.8 Å².